The van der Waals surface area contributed by atoms with Crippen LogP contribution < -0.4 is 5.32 Å². The van der Waals surface area contributed by atoms with Crippen LogP contribution in [0.2, 0.25) is 0 Å². The maximum atomic E-state index is 11.5. The number of nitrogens with one attached hydrogen (secondary N) is 1. The van der Waals surface area contributed by atoms with Crippen molar-refractivity contribution in [2.24, 2.45) is 0 Å². The highest BCUT2D eigenvalue weighted by atomic mass is 16.4. The molecule has 21 heavy (non-hydrogen) atoms. The van der Waals surface area contributed by atoms with Crippen molar-refractivity contribution >= 4 is 23.9 Å². The summed E-state index contributed by atoms with van der Waals surface area (Å²) >= 11 is 0. The monoisotopic (exact) mass is 288 g/mol. The molecule has 7 heteroatoms. The normalized spacial score (nSPS) is 11.6. The third-order valence-electron chi connectivity index (χ3n) is 2.46. The third kappa shape index (κ3) is 5.57. The van der Waals surface area contributed by atoms with Crippen molar-refractivity contribution < 1.29 is 24.6 Å². The summed E-state index contributed by atoms with van der Waals surface area (Å²) in [5.74, 6) is -3.45. The van der Waals surface area contributed by atoms with E-state index in [0.29, 0.717) is 11.1 Å². The molecule has 0 heterocycles. The van der Waals surface area contributed by atoms with Gasteiger partial charge in [-0.3, -0.25) is 9.59 Å². The van der Waals surface area contributed by atoms with Crippen molar-refractivity contribution in [2.75, 3.05) is 0 Å². The number of nitriles is 1. The van der Waals surface area contributed by atoms with Gasteiger partial charge < -0.3 is 15.5 Å². The Balaban J connectivity index is 2.66. The summed E-state index contributed by atoms with van der Waals surface area (Å²) in [6.07, 6.45) is 1.82. The number of carbonyl (C=O) groups excluding carboxylic acids is 1. The van der Waals surface area contributed by atoms with E-state index in [1.54, 1.807) is 24.3 Å². The second kappa shape index (κ2) is 7.45. The van der Waals surface area contributed by atoms with Gasteiger partial charge in [0.05, 0.1) is 18.1 Å². The topological polar surface area (TPSA) is 127 Å². The molecule has 1 aromatic carbocycles. The maximum absolute atomic E-state index is 11.5. The molecular weight excluding hydrogens is 276 g/mol. The Hall–Kier alpha value is -3.14. The van der Waals surface area contributed by atoms with Gasteiger partial charge in [0.15, 0.2) is 0 Å². The van der Waals surface area contributed by atoms with Gasteiger partial charge in [-0.05, 0) is 23.8 Å². The Kier molecular flexibility index (Phi) is 5.65. The van der Waals surface area contributed by atoms with Crippen LogP contribution >= 0.6 is 0 Å². The number of carboxylic acids is 2. The fraction of sp³-hybridized carbons (Fsp3) is 0.143. The number of carboxylic acid groups (broad SMARTS) is 2. The fourth-order valence-electron chi connectivity index (χ4n) is 1.44. The average Bonchev–Trinajstić information content (AvgIpc) is 2.44. The summed E-state index contributed by atoms with van der Waals surface area (Å²) in [5.41, 5.74) is 1.12. The van der Waals surface area contributed by atoms with Gasteiger partial charge in [-0.2, -0.15) is 5.26 Å². The summed E-state index contributed by atoms with van der Waals surface area (Å²) in [6, 6.07) is 6.85. The lowest BCUT2D eigenvalue weighted by Gasteiger charge is -2.10. The standard InChI is InChI=1S/C14H12N2O5/c15-8-10-3-1-9(2-4-10)5-6-12(17)16-11(14(20)21)7-13(18)19/h1-6,11H,7H2,(H,16,17)(H,18,19)(H,20,21)/b6-5+/t11-/m0/s1. The number of rotatable bonds is 6. The molecule has 0 aliphatic heterocycles. The van der Waals surface area contributed by atoms with Crippen molar-refractivity contribution in [3.8, 4) is 6.07 Å². The van der Waals surface area contributed by atoms with Gasteiger partial charge in [-0.1, -0.05) is 12.1 Å². The predicted molar refractivity (Wildman–Crippen MR) is 72.0 cm³/mol. The molecule has 0 saturated heterocycles. The van der Waals surface area contributed by atoms with Crippen molar-refractivity contribution in [1.29, 1.82) is 5.26 Å². The van der Waals surface area contributed by atoms with Crippen LogP contribution in [0.25, 0.3) is 6.08 Å². The Labute approximate surface area is 120 Å². The Morgan fingerprint density at radius 2 is 1.86 bits per heavy atom. The molecular formula is C14H12N2O5. The molecule has 0 bridgehead atoms. The molecule has 0 fully saturated rings. The predicted octanol–water partition coefficient (Wildman–Crippen LogP) is 0.616. The molecule has 0 aliphatic carbocycles. The van der Waals surface area contributed by atoms with E-state index in [4.69, 9.17) is 15.5 Å². The van der Waals surface area contributed by atoms with Crippen molar-refractivity contribution in [3.63, 3.8) is 0 Å². The quantitative estimate of drug-likeness (QED) is 0.658. The van der Waals surface area contributed by atoms with Crippen LogP contribution in [0.15, 0.2) is 30.3 Å². The molecule has 3 N–H and O–H groups in total. The minimum Gasteiger partial charge on any atom is -0.481 e. The van der Waals surface area contributed by atoms with E-state index in [0.717, 1.165) is 6.08 Å². The van der Waals surface area contributed by atoms with Crippen molar-refractivity contribution in [1.82, 2.24) is 5.32 Å². The molecule has 0 aromatic heterocycles. The van der Waals surface area contributed by atoms with Gasteiger partial charge in [0.1, 0.15) is 6.04 Å². The minimum absolute atomic E-state index is 0.476. The first-order valence-electron chi connectivity index (χ1n) is 5.85. The summed E-state index contributed by atoms with van der Waals surface area (Å²) in [6.45, 7) is 0. The smallest absolute Gasteiger partial charge is 0.326 e. The van der Waals surface area contributed by atoms with Crippen LogP contribution in [-0.2, 0) is 14.4 Å². The number of nitrogens with zero attached hydrogens (tertiary/aromatic N) is 1. The van der Waals surface area contributed by atoms with E-state index in [-0.39, 0.29) is 0 Å². The van der Waals surface area contributed by atoms with Crippen LogP contribution in [0, 0.1) is 11.3 Å². The molecule has 108 valence electrons. The first-order valence-corrected chi connectivity index (χ1v) is 5.85. The van der Waals surface area contributed by atoms with Crippen LogP contribution in [0.4, 0.5) is 0 Å². The van der Waals surface area contributed by atoms with Crippen molar-refractivity contribution in [2.45, 2.75) is 12.5 Å². The second-order valence-electron chi connectivity index (χ2n) is 4.06. The molecule has 1 rings (SSSR count). The first-order chi connectivity index (χ1) is 9.92. The number of aliphatic carboxylic acids is 2. The van der Waals surface area contributed by atoms with Gasteiger partial charge in [0.25, 0.3) is 0 Å². The molecule has 0 aliphatic rings. The Bertz CT molecular complexity index is 613. The largest absolute Gasteiger partial charge is 0.481 e. The first kappa shape index (κ1) is 15.9. The molecule has 1 amide bonds. The summed E-state index contributed by atoms with van der Waals surface area (Å²) < 4.78 is 0. The molecule has 7 nitrogen and oxygen atoms in total. The maximum Gasteiger partial charge on any atom is 0.326 e. The molecule has 0 spiro atoms. The van der Waals surface area contributed by atoms with Gasteiger partial charge in [0.2, 0.25) is 5.91 Å². The number of amides is 1. The summed E-state index contributed by atoms with van der Waals surface area (Å²) in [4.78, 5) is 32.8. The lowest BCUT2D eigenvalue weighted by molar-refractivity contribution is -0.146. The molecule has 1 atom stereocenters. The van der Waals surface area contributed by atoms with Gasteiger partial charge in [-0.15, -0.1) is 0 Å². The van der Waals surface area contributed by atoms with Crippen LogP contribution in [-0.4, -0.2) is 34.1 Å². The van der Waals surface area contributed by atoms with E-state index in [2.05, 4.69) is 5.32 Å². The molecule has 0 unspecified atom stereocenters. The fourth-order valence-corrected chi connectivity index (χ4v) is 1.44. The van der Waals surface area contributed by atoms with E-state index in [1.165, 1.54) is 6.08 Å². The zero-order valence-electron chi connectivity index (χ0n) is 10.8. The zero-order valence-corrected chi connectivity index (χ0v) is 10.8. The van der Waals surface area contributed by atoms with E-state index >= 15 is 0 Å². The average molecular weight is 288 g/mol. The lowest BCUT2D eigenvalue weighted by atomic mass is 10.1. The number of hydrogen-bond acceptors (Lipinski definition) is 4. The molecule has 1 aromatic rings. The number of hydrogen-bond donors (Lipinski definition) is 3. The van der Waals surface area contributed by atoms with Gasteiger partial charge >= 0.3 is 11.9 Å². The van der Waals surface area contributed by atoms with Crippen LogP contribution in [0.3, 0.4) is 0 Å². The zero-order chi connectivity index (χ0) is 15.8. The summed E-state index contributed by atoms with van der Waals surface area (Å²) in [5, 5.41) is 28.0. The number of carbonyl (C=O) groups is 3. The molecule has 0 radical (unpaired) electrons. The lowest BCUT2D eigenvalue weighted by Crippen LogP contribution is -2.41. The van der Waals surface area contributed by atoms with Gasteiger partial charge in [-0.25, -0.2) is 4.79 Å². The van der Waals surface area contributed by atoms with Crippen LogP contribution in [0.5, 0.6) is 0 Å². The second-order valence-corrected chi connectivity index (χ2v) is 4.06. The Morgan fingerprint density at radius 3 is 2.33 bits per heavy atom. The van der Waals surface area contributed by atoms with Crippen LogP contribution in [0.1, 0.15) is 17.5 Å². The Morgan fingerprint density at radius 1 is 1.24 bits per heavy atom. The highest BCUT2D eigenvalue weighted by Crippen LogP contribution is 2.05. The summed E-state index contributed by atoms with van der Waals surface area (Å²) in [7, 11) is 0. The highest BCUT2D eigenvalue weighted by Gasteiger charge is 2.21. The van der Waals surface area contributed by atoms with E-state index < -0.39 is 30.3 Å². The highest BCUT2D eigenvalue weighted by molar-refractivity contribution is 5.95. The SMILES string of the molecule is N#Cc1ccc(/C=C/C(=O)N[C@@H](CC(=O)O)C(=O)O)cc1. The molecule has 0 saturated carbocycles. The van der Waals surface area contributed by atoms with Gasteiger partial charge in [0, 0.05) is 6.08 Å². The van der Waals surface area contributed by atoms with E-state index in [1.807, 2.05) is 6.07 Å². The minimum atomic E-state index is -1.49. The third-order valence-corrected chi connectivity index (χ3v) is 2.46. The number of benzene rings is 1. The van der Waals surface area contributed by atoms with Crippen molar-refractivity contribution in [3.05, 3.63) is 41.5 Å². The van der Waals surface area contributed by atoms with E-state index in [9.17, 15) is 14.4 Å².